The van der Waals surface area contributed by atoms with Crippen LogP contribution in [0, 0.1) is 6.92 Å². The summed E-state index contributed by atoms with van der Waals surface area (Å²) in [7, 11) is 4.11. The highest BCUT2D eigenvalue weighted by Gasteiger charge is 2.13. The number of amides is 1. The molecular weight excluding hydrogens is 254 g/mol. The van der Waals surface area contributed by atoms with Crippen molar-refractivity contribution in [3.05, 3.63) is 17.5 Å². The highest BCUT2D eigenvalue weighted by atomic mass is 16.1. The average Bonchev–Trinajstić information content (AvgIpc) is 2.76. The van der Waals surface area contributed by atoms with Gasteiger partial charge in [-0.1, -0.05) is 0 Å². The fourth-order valence-corrected chi connectivity index (χ4v) is 1.99. The van der Waals surface area contributed by atoms with Crippen molar-refractivity contribution in [3.63, 3.8) is 0 Å². The maximum absolute atomic E-state index is 12.1. The Morgan fingerprint density at radius 1 is 1.40 bits per heavy atom. The van der Waals surface area contributed by atoms with E-state index in [1.165, 1.54) is 0 Å². The van der Waals surface area contributed by atoms with E-state index in [1.807, 2.05) is 11.6 Å². The Labute approximate surface area is 121 Å². The largest absolute Gasteiger partial charge is 0.352 e. The number of rotatable bonds is 9. The highest BCUT2D eigenvalue weighted by molar-refractivity contribution is 5.94. The van der Waals surface area contributed by atoms with Crippen molar-refractivity contribution in [2.45, 2.75) is 32.7 Å². The molecule has 0 spiro atoms. The number of nitrogens with one attached hydrogen (secondary N) is 1. The highest BCUT2D eigenvalue weighted by Crippen LogP contribution is 2.07. The van der Waals surface area contributed by atoms with Gasteiger partial charge in [-0.15, -0.1) is 0 Å². The van der Waals surface area contributed by atoms with Gasteiger partial charge >= 0.3 is 0 Å². The van der Waals surface area contributed by atoms with Gasteiger partial charge in [-0.25, -0.2) is 0 Å². The monoisotopic (exact) mass is 281 g/mol. The lowest BCUT2D eigenvalue weighted by Gasteiger charge is -2.09. The maximum Gasteiger partial charge on any atom is 0.254 e. The lowest BCUT2D eigenvalue weighted by atomic mass is 10.2. The zero-order valence-corrected chi connectivity index (χ0v) is 12.9. The van der Waals surface area contributed by atoms with Crippen LogP contribution in [-0.4, -0.2) is 54.3 Å². The molecule has 0 aromatic carbocycles. The molecule has 0 unspecified atom stereocenters. The first-order valence-electron chi connectivity index (χ1n) is 7.21. The summed E-state index contributed by atoms with van der Waals surface area (Å²) in [6.07, 6.45) is 4.58. The van der Waals surface area contributed by atoms with Gasteiger partial charge in [0.25, 0.3) is 5.91 Å². The minimum Gasteiger partial charge on any atom is -0.352 e. The second kappa shape index (κ2) is 8.71. The average molecular weight is 281 g/mol. The van der Waals surface area contributed by atoms with Crippen molar-refractivity contribution < 1.29 is 4.79 Å². The van der Waals surface area contributed by atoms with Crippen LogP contribution in [0.2, 0.25) is 0 Å². The van der Waals surface area contributed by atoms with Crippen LogP contribution in [0.5, 0.6) is 0 Å². The summed E-state index contributed by atoms with van der Waals surface area (Å²) in [6, 6.07) is 0. The molecule has 0 aliphatic heterocycles. The van der Waals surface area contributed by atoms with E-state index in [0.717, 1.165) is 38.0 Å². The maximum atomic E-state index is 12.1. The van der Waals surface area contributed by atoms with Gasteiger partial charge in [-0.2, -0.15) is 5.10 Å². The molecule has 1 amide bonds. The molecule has 0 aliphatic rings. The number of hydrogen-bond acceptors (Lipinski definition) is 4. The summed E-state index contributed by atoms with van der Waals surface area (Å²) < 4.78 is 1.84. The predicted octanol–water partition coefficient (Wildman–Crippen LogP) is 0.612. The summed E-state index contributed by atoms with van der Waals surface area (Å²) in [5, 5.41) is 7.18. The molecule has 1 rings (SSSR count). The molecule has 0 saturated heterocycles. The van der Waals surface area contributed by atoms with Gasteiger partial charge in [-0.05, 0) is 53.4 Å². The third-order valence-corrected chi connectivity index (χ3v) is 3.24. The lowest BCUT2D eigenvalue weighted by Crippen LogP contribution is -2.25. The Morgan fingerprint density at radius 2 is 2.15 bits per heavy atom. The minimum atomic E-state index is -0.0358. The Kier molecular flexibility index (Phi) is 7.25. The van der Waals surface area contributed by atoms with Crippen LogP contribution in [0.1, 0.15) is 35.3 Å². The first-order valence-corrected chi connectivity index (χ1v) is 7.21. The number of aryl methyl sites for hydroxylation is 1. The van der Waals surface area contributed by atoms with Crippen LogP contribution in [0.25, 0.3) is 0 Å². The van der Waals surface area contributed by atoms with E-state index in [4.69, 9.17) is 5.73 Å². The number of nitrogens with two attached hydrogens (primary N) is 1. The molecular formula is C14H27N5O. The van der Waals surface area contributed by atoms with Crippen molar-refractivity contribution >= 4 is 5.91 Å². The van der Waals surface area contributed by atoms with Gasteiger partial charge < -0.3 is 16.0 Å². The molecule has 0 aliphatic carbocycles. The molecule has 1 aromatic rings. The molecule has 6 heteroatoms. The van der Waals surface area contributed by atoms with Crippen LogP contribution >= 0.6 is 0 Å². The van der Waals surface area contributed by atoms with E-state index < -0.39 is 0 Å². The van der Waals surface area contributed by atoms with Crippen molar-refractivity contribution in [3.8, 4) is 0 Å². The molecule has 6 nitrogen and oxygen atoms in total. The Balaban J connectivity index is 2.38. The van der Waals surface area contributed by atoms with E-state index in [1.54, 1.807) is 6.20 Å². The quantitative estimate of drug-likeness (QED) is 0.650. The van der Waals surface area contributed by atoms with Crippen LogP contribution < -0.4 is 11.1 Å². The lowest BCUT2D eigenvalue weighted by molar-refractivity contribution is 0.0952. The summed E-state index contributed by atoms with van der Waals surface area (Å²) in [5.41, 5.74) is 7.05. The molecule has 20 heavy (non-hydrogen) atoms. The first-order chi connectivity index (χ1) is 9.56. The second-order valence-electron chi connectivity index (χ2n) is 5.28. The van der Waals surface area contributed by atoms with Crippen LogP contribution in [0.4, 0.5) is 0 Å². The van der Waals surface area contributed by atoms with E-state index in [0.29, 0.717) is 18.7 Å². The fourth-order valence-electron chi connectivity index (χ4n) is 1.99. The fraction of sp³-hybridized carbons (Fsp3) is 0.714. The van der Waals surface area contributed by atoms with Crippen molar-refractivity contribution in [2.24, 2.45) is 5.73 Å². The number of carbonyl (C=O) groups excluding carboxylic acids is 1. The topological polar surface area (TPSA) is 76.2 Å². The normalized spacial score (nSPS) is 11.1. The minimum absolute atomic E-state index is 0.0358. The Hall–Kier alpha value is -1.40. The molecule has 1 aromatic heterocycles. The second-order valence-corrected chi connectivity index (χ2v) is 5.28. The predicted molar refractivity (Wildman–Crippen MR) is 80.8 cm³/mol. The van der Waals surface area contributed by atoms with Crippen LogP contribution in [0.15, 0.2) is 6.20 Å². The summed E-state index contributed by atoms with van der Waals surface area (Å²) in [5.74, 6) is -0.0358. The molecule has 1 heterocycles. The van der Waals surface area contributed by atoms with Gasteiger partial charge in [0.2, 0.25) is 0 Å². The smallest absolute Gasteiger partial charge is 0.254 e. The molecule has 0 saturated carbocycles. The summed E-state index contributed by atoms with van der Waals surface area (Å²) >= 11 is 0. The molecule has 0 atom stereocenters. The number of hydrogen-bond donors (Lipinski definition) is 2. The number of aromatic nitrogens is 2. The van der Waals surface area contributed by atoms with Crippen molar-refractivity contribution in [2.75, 3.05) is 33.7 Å². The Morgan fingerprint density at radius 3 is 2.80 bits per heavy atom. The molecule has 0 fully saturated rings. The van der Waals surface area contributed by atoms with Gasteiger partial charge in [0, 0.05) is 18.8 Å². The zero-order valence-electron chi connectivity index (χ0n) is 12.9. The zero-order chi connectivity index (χ0) is 15.0. The van der Waals surface area contributed by atoms with Gasteiger partial charge in [0.15, 0.2) is 0 Å². The molecule has 0 bridgehead atoms. The molecule has 0 radical (unpaired) electrons. The summed E-state index contributed by atoms with van der Waals surface area (Å²) in [6.45, 7) is 5.07. The van der Waals surface area contributed by atoms with E-state index in [2.05, 4.69) is 29.4 Å². The first kappa shape index (κ1) is 16.7. The number of unbranched alkanes of at least 4 members (excludes halogenated alkanes) is 1. The van der Waals surface area contributed by atoms with Gasteiger partial charge in [0.05, 0.1) is 11.8 Å². The van der Waals surface area contributed by atoms with E-state index in [9.17, 15) is 4.79 Å². The molecule has 3 N–H and O–H groups in total. The van der Waals surface area contributed by atoms with Gasteiger partial charge in [0.1, 0.15) is 0 Å². The third kappa shape index (κ3) is 5.30. The number of nitrogens with zero attached hydrogens (tertiary/aromatic N) is 3. The van der Waals surface area contributed by atoms with Crippen LogP contribution in [-0.2, 0) is 6.54 Å². The molecule has 114 valence electrons. The van der Waals surface area contributed by atoms with Crippen LogP contribution in [0.3, 0.4) is 0 Å². The SMILES string of the molecule is Cc1c(C(=O)NCCCCN(C)C)cnn1CCCN. The van der Waals surface area contributed by atoms with Crippen molar-refractivity contribution in [1.82, 2.24) is 20.0 Å². The third-order valence-electron chi connectivity index (χ3n) is 3.24. The Bertz CT molecular complexity index is 414. The van der Waals surface area contributed by atoms with E-state index >= 15 is 0 Å². The standard InChI is InChI=1S/C14H27N5O/c1-12-13(11-17-19(12)10-6-7-15)14(20)16-8-4-5-9-18(2)3/h11H,4-10,15H2,1-3H3,(H,16,20). The van der Waals surface area contributed by atoms with E-state index in [-0.39, 0.29) is 5.91 Å². The van der Waals surface area contributed by atoms with Crippen molar-refractivity contribution in [1.29, 1.82) is 0 Å². The number of carbonyl (C=O) groups is 1. The van der Waals surface area contributed by atoms with Gasteiger partial charge in [-0.3, -0.25) is 9.48 Å². The summed E-state index contributed by atoms with van der Waals surface area (Å²) in [4.78, 5) is 14.2.